The van der Waals surface area contributed by atoms with Gasteiger partial charge in [-0.1, -0.05) is 35.9 Å². The topological polar surface area (TPSA) is 167 Å². The SMILES string of the molecule is COc1cc(CNCCc2ccc(OC(C)(C)CCOC(C)(C)CCNc3cccc4c3C(=O)N(C3CCC(=O)NC3=O)C4=O)c(OC)c2)ccc1OCc1ccc(Cl)nc1. The monoisotopic (exact) mass is 855 g/mol. The maximum atomic E-state index is 13.5. The van der Waals surface area contributed by atoms with Gasteiger partial charge < -0.3 is 34.3 Å². The fourth-order valence-corrected chi connectivity index (χ4v) is 7.28. The van der Waals surface area contributed by atoms with Gasteiger partial charge in [-0.15, -0.1) is 0 Å². The Balaban J connectivity index is 0.929. The molecule has 1 atom stereocenters. The normalized spacial score (nSPS) is 15.4. The number of pyridine rings is 1. The third kappa shape index (κ3) is 11.6. The molecule has 0 saturated carbocycles. The van der Waals surface area contributed by atoms with Crippen LogP contribution in [0.2, 0.25) is 5.15 Å². The van der Waals surface area contributed by atoms with E-state index in [0.29, 0.717) is 73.0 Å². The molecule has 0 spiro atoms. The fourth-order valence-electron chi connectivity index (χ4n) is 7.17. The van der Waals surface area contributed by atoms with Crippen molar-refractivity contribution in [2.24, 2.45) is 0 Å². The molecular formula is C46H54ClN5O9. The summed E-state index contributed by atoms with van der Waals surface area (Å²) in [6.07, 6.45) is 3.84. The molecule has 2 aliphatic rings. The van der Waals surface area contributed by atoms with Gasteiger partial charge in [0.05, 0.1) is 37.6 Å². The fraction of sp³-hybridized carbons (Fsp3) is 0.413. The summed E-state index contributed by atoms with van der Waals surface area (Å²) < 4.78 is 30.0. The van der Waals surface area contributed by atoms with Gasteiger partial charge in [-0.3, -0.25) is 29.4 Å². The Hall–Kier alpha value is -5.70. The zero-order valence-electron chi connectivity index (χ0n) is 35.5. The number of carbonyl (C=O) groups excluding carboxylic acids is 4. The summed E-state index contributed by atoms with van der Waals surface area (Å²) in [6.45, 7) is 10.7. The van der Waals surface area contributed by atoms with Crippen molar-refractivity contribution < 1.29 is 42.9 Å². The van der Waals surface area contributed by atoms with E-state index in [-0.39, 0.29) is 24.0 Å². The number of methoxy groups -OCH3 is 2. The lowest BCUT2D eigenvalue weighted by Gasteiger charge is -2.31. The number of fused-ring (bicyclic) bond motifs is 1. The summed E-state index contributed by atoms with van der Waals surface area (Å²) in [5.41, 5.74) is 2.96. The number of carbonyl (C=O) groups is 4. The highest BCUT2D eigenvalue weighted by molar-refractivity contribution is 6.29. The molecule has 15 heteroatoms. The first-order chi connectivity index (χ1) is 29.2. The molecule has 2 aliphatic heterocycles. The van der Waals surface area contributed by atoms with Crippen molar-refractivity contribution >= 4 is 40.9 Å². The predicted octanol–water partition coefficient (Wildman–Crippen LogP) is 6.91. The van der Waals surface area contributed by atoms with E-state index in [0.717, 1.165) is 34.6 Å². The van der Waals surface area contributed by atoms with E-state index in [9.17, 15) is 19.2 Å². The number of piperidine rings is 1. The predicted molar refractivity (Wildman–Crippen MR) is 231 cm³/mol. The molecular weight excluding hydrogens is 802 g/mol. The molecule has 4 aromatic rings. The number of benzene rings is 3. The minimum absolute atomic E-state index is 0.0624. The van der Waals surface area contributed by atoms with Gasteiger partial charge in [0.15, 0.2) is 23.0 Å². The molecule has 0 bridgehead atoms. The van der Waals surface area contributed by atoms with Gasteiger partial charge in [0.1, 0.15) is 23.4 Å². The van der Waals surface area contributed by atoms with Crippen LogP contribution in [0, 0.1) is 0 Å². The molecule has 6 rings (SSSR count). The summed E-state index contributed by atoms with van der Waals surface area (Å²) in [7, 11) is 3.26. The smallest absolute Gasteiger partial charge is 0.264 e. The van der Waals surface area contributed by atoms with Crippen LogP contribution in [-0.4, -0.2) is 84.7 Å². The largest absolute Gasteiger partial charge is 0.493 e. The highest BCUT2D eigenvalue weighted by Gasteiger charge is 2.45. The number of rotatable bonds is 21. The molecule has 3 aromatic carbocycles. The molecule has 4 amide bonds. The summed E-state index contributed by atoms with van der Waals surface area (Å²) in [4.78, 5) is 55.9. The minimum Gasteiger partial charge on any atom is -0.493 e. The first-order valence-electron chi connectivity index (χ1n) is 20.4. The number of hydrogen-bond acceptors (Lipinski definition) is 12. The van der Waals surface area contributed by atoms with Gasteiger partial charge in [-0.2, -0.15) is 0 Å². The molecule has 1 aromatic heterocycles. The number of ether oxygens (including phenoxy) is 5. The highest BCUT2D eigenvalue weighted by atomic mass is 35.5. The van der Waals surface area contributed by atoms with Crippen molar-refractivity contribution in [3.05, 3.63) is 106 Å². The van der Waals surface area contributed by atoms with Crippen LogP contribution in [0.5, 0.6) is 23.0 Å². The van der Waals surface area contributed by atoms with Crippen LogP contribution in [0.4, 0.5) is 5.69 Å². The number of amides is 4. The van der Waals surface area contributed by atoms with Crippen molar-refractivity contribution in [3.8, 4) is 23.0 Å². The molecule has 3 heterocycles. The maximum Gasteiger partial charge on any atom is 0.264 e. The second-order valence-corrected chi connectivity index (χ2v) is 16.6. The first-order valence-corrected chi connectivity index (χ1v) is 20.7. The molecule has 61 heavy (non-hydrogen) atoms. The molecule has 1 saturated heterocycles. The third-order valence-corrected chi connectivity index (χ3v) is 10.9. The second kappa shape index (κ2) is 19.8. The molecule has 14 nitrogen and oxygen atoms in total. The Morgan fingerprint density at radius 1 is 0.820 bits per heavy atom. The number of hydrogen-bond donors (Lipinski definition) is 3. The Kier molecular flexibility index (Phi) is 14.5. The van der Waals surface area contributed by atoms with Crippen LogP contribution in [-0.2, 0) is 33.9 Å². The molecule has 0 aliphatic carbocycles. The van der Waals surface area contributed by atoms with Gasteiger partial charge >= 0.3 is 0 Å². The van der Waals surface area contributed by atoms with Gasteiger partial charge in [0, 0.05) is 43.4 Å². The van der Waals surface area contributed by atoms with Crippen molar-refractivity contribution in [2.75, 3.05) is 39.2 Å². The quantitative estimate of drug-likeness (QED) is 0.0451. The average Bonchev–Trinajstić information content (AvgIpc) is 3.48. The number of imide groups is 2. The van der Waals surface area contributed by atoms with E-state index in [2.05, 4.69) is 20.9 Å². The van der Waals surface area contributed by atoms with Crippen LogP contribution in [0.3, 0.4) is 0 Å². The molecule has 0 radical (unpaired) electrons. The lowest BCUT2D eigenvalue weighted by Crippen LogP contribution is -2.54. The Labute approximate surface area is 361 Å². The van der Waals surface area contributed by atoms with E-state index < -0.39 is 40.9 Å². The van der Waals surface area contributed by atoms with Crippen molar-refractivity contribution in [2.45, 2.75) is 90.2 Å². The maximum absolute atomic E-state index is 13.5. The molecule has 1 unspecified atom stereocenters. The lowest BCUT2D eigenvalue weighted by atomic mass is 10.0. The standard InChI is InChI=1S/C46H54ClN5O9/c1-45(2,19-22-49-33-9-7-8-32-41(33)44(56)52(43(32)55)34-13-17-40(53)51-42(34)54)60-23-20-46(3,4)61-36-15-10-29(24-38(36)58-6)18-21-48-26-30-11-14-35(37(25-30)57-5)59-28-31-12-16-39(47)50-27-31/h7-12,14-16,24-25,27,34,48-49H,13,17-23,26,28H2,1-6H3,(H,51,53,54). The Morgan fingerprint density at radius 2 is 1.54 bits per heavy atom. The van der Waals surface area contributed by atoms with Gasteiger partial charge in [0.25, 0.3) is 11.8 Å². The van der Waals surface area contributed by atoms with Crippen LogP contribution in [0.25, 0.3) is 0 Å². The van der Waals surface area contributed by atoms with Crippen LogP contribution >= 0.6 is 11.6 Å². The number of aromatic nitrogens is 1. The number of anilines is 1. The van der Waals surface area contributed by atoms with E-state index in [1.807, 2.05) is 70.2 Å². The van der Waals surface area contributed by atoms with Crippen LogP contribution in [0.15, 0.2) is 72.9 Å². The summed E-state index contributed by atoms with van der Waals surface area (Å²) in [5, 5.41) is 9.47. The summed E-state index contributed by atoms with van der Waals surface area (Å²) >= 11 is 5.88. The highest BCUT2D eigenvalue weighted by Crippen LogP contribution is 2.35. The van der Waals surface area contributed by atoms with Crippen LogP contribution < -0.4 is 34.9 Å². The Morgan fingerprint density at radius 3 is 2.28 bits per heavy atom. The lowest BCUT2D eigenvalue weighted by molar-refractivity contribution is -0.136. The second-order valence-electron chi connectivity index (χ2n) is 16.2. The van der Waals surface area contributed by atoms with Crippen molar-refractivity contribution in [1.29, 1.82) is 0 Å². The average molecular weight is 856 g/mol. The molecule has 1 fully saturated rings. The zero-order chi connectivity index (χ0) is 43.7. The number of nitrogens with zero attached hydrogens (tertiary/aromatic N) is 2. The van der Waals surface area contributed by atoms with Crippen molar-refractivity contribution in [1.82, 2.24) is 20.5 Å². The van der Waals surface area contributed by atoms with Gasteiger partial charge in [-0.25, -0.2) is 4.98 Å². The molecule has 3 N–H and O–H groups in total. The van der Waals surface area contributed by atoms with Gasteiger partial charge in [0.2, 0.25) is 11.8 Å². The van der Waals surface area contributed by atoms with Gasteiger partial charge in [-0.05, 0) is 107 Å². The van der Waals surface area contributed by atoms with E-state index >= 15 is 0 Å². The summed E-state index contributed by atoms with van der Waals surface area (Å²) in [6, 6.07) is 19.5. The Bertz CT molecular complexity index is 2230. The van der Waals surface area contributed by atoms with Crippen molar-refractivity contribution in [3.63, 3.8) is 0 Å². The summed E-state index contributed by atoms with van der Waals surface area (Å²) in [5.74, 6) is 0.460. The van der Waals surface area contributed by atoms with Crippen LogP contribution in [0.1, 0.15) is 90.8 Å². The third-order valence-electron chi connectivity index (χ3n) is 10.7. The molecule has 324 valence electrons. The first kappa shape index (κ1) is 44.8. The van der Waals surface area contributed by atoms with E-state index in [1.54, 1.807) is 44.7 Å². The number of halogens is 1. The minimum atomic E-state index is -1.02. The van der Waals surface area contributed by atoms with E-state index in [1.165, 1.54) is 0 Å². The zero-order valence-corrected chi connectivity index (χ0v) is 36.3. The van der Waals surface area contributed by atoms with E-state index in [4.69, 9.17) is 35.3 Å². The number of nitrogens with one attached hydrogen (secondary N) is 3.